The van der Waals surface area contributed by atoms with Gasteiger partial charge >= 0.3 is 0 Å². The first kappa shape index (κ1) is 30.6. The molecule has 0 spiro atoms. The van der Waals surface area contributed by atoms with Gasteiger partial charge in [-0.15, -0.1) is 0 Å². The molecule has 0 unspecified atom stereocenters. The van der Waals surface area contributed by atoms with Crippen molar-refractivity contribution in [2.75, 3.05) is 17.1 Å². The minimum atomic E-state index is -3.77. The summed E-state index contributed by atoms with van der Waals surface area (Å²) in [6, 6.07) is 16.7. The van der Waals surface area contributed by atoms with Gasteiger partial charge in [0.05, 0.1) is 11.9 Å². The van der Waals surface area contributed by atoms with Crippen molar-refractivity contribution >= 4 is 27.5 Å². The van der Waals surface area contributed by atoms with E-state index in [1.807, 2.05) is 63.2 Å². The first-order valence-corrected chi connectivity index (χ1v) is 17.6. The molecule has 4 aliphatic carbocycles. The Labute approximate surface area is 252 Å². The molecule has 0 saturated heterocycles. The van der Waals surface area contributed by atoms with Crippen LogP contribution in [0.2, 0.25) is 0 Å². The SMILES string of the molecule is CC[C@H](C)NC(=O)[C@H](CC)N(Cc1ccccc1)C(=O)CN(c1ccc(C23CC4CC(CC(C4)C2)C3)cc1)S(C)(=O)=O. The third kappa shape index (κ3) is 6.53. The maximum atomic E-state index is 14.0. The molecule has 0 radical (unpaired) electrons. The van der Waals surface area contributed by atoms with Crippen molar-refractivity contribution < 1.29 is 18.0 Å². The molecule has 228 valence electrons. The highest BCUT2D eigenvalue weighted by molar-refractivity contribution is 7.92. The predicted molar refractivity (Wildman–Crippen MR) is 167 cm³/mol. The Morgan fingerprint density at radius 1 is 0.905 bits per heavy atom. The average molecular weight is 594 g/mol. The molecular formula is C34H47N3O4S. The first-order chi connectivity index (χ1) is 20.0. The second-order valence-corrected chi connectivity index (χ2v) is 15.2. The largest absolute Gasteiger partial charge is 0.352 e. The van der Waals surface area contributed by atoms with Crippen LogP contribution >= 0.6 is 0 Å². The molecule has 4 fully saturated rings. The summed E-state index contributed by atoms with van der Waals surface area (Å²) in [5.41, 5.74) is 2.88. The molecule has 6 rings (SSSR count). The van der Waals surface area contributed by atoms with Crippen molar-refractivity contribution in [2.24, 2.45) is 17.8 Å². The fraction of sp³-hybridized carbons (Fsp3) is 0.588. The van der Waals surface area contributed by atoms with Gasteiger partial charge in [-0.25, -0.2) is 8.42 Å². The number of carbonyl (C=O) groups excluding carboxylic acids is 2. The molecular weight excluding hydrogens is 546 g/mol. The third-order valence-corrected chi connectivity index (χ3v) is 11.2. The first-order valence-electron chi connectivity index (χ1n) is 15.7. The Balaban J connectivity index is 1.39. The summed E-state index contributed by atoms with van der Waals surface area (Å²) in [5.74, 6) is 1.84. The number of hydrogen-bond acceptors (Lipinski definition) is 4. The van der Waals surface area contributed by atoms with Gasteiger partial charge < -0.3 is 10.2 Å². The van der Waals surface area contributed by atoms with Crippen LogP contribution in [0.1, 0.15) is 83.3 Å². The van der Waals surface area contributed by atoms with E-state index in [0.717, 1.165) is 36.0 Å². The van der Waals surface area contributed by atoms with E-state index < -0.39 is 22.0 Å². The van der Waals surface area contributed by atoms with Crippen molar-refractivity contribution in [1.29, 1.82) is 0 Å². The molecule has 0 aliphatic heterocycles. The lowest BCUT2D eigenvalue weighted by molar-refractivity contribution is -0.140. The summed E-state index contributed by atoms with van der Waals surface area (Å²) in [5, 5.41) is 3.01. The molecule has 1 N–H and O–H groups in total. The van der Waals surface area contributed by atoms with Gasteiger partial charge in [-0.3, -0.25) is 13.9 Å². The summed E-state index contributed by atoms with van der Waals surface area (Å²) in [7, 11) is -3.77. The smallest absolute Gasteiger partial charge is 0.244 e. The van der Waals surface area contributed by atoms with Crippen LogP contribution in [-0.4, -0.2) is 50.0 Å². The van der Waals surface area contributed by atoms with Gasteiger partial charge in [-0.2, -0.15) is 0 Å². The van der Waals surface area contributed by atoms with E-state index in [2.05, 4.69) is 17.4 Å². The molecule has 2 atom stereocenters. The summed E-state index contributed by atoms with van der Waals surface area (Å²) < 4.78 is 27.4. The molecule has 4 aliphatic rings. The standard InChI is InChI=1S/C34H47N3O4S/c1-5-24(3)35-33(39)31(6-2)36(22-25-10-8-7-9-11-25)32(38)23-37(42(4,40)41)30-14-12-29(13-15-30)34-19-26-16-27(20-34)18-28(17-26)21-34/h7-15,24,26-28,31H,5-6,16-23H2,1-4H3,(H,35,39)/t24-,26?,27?,28?,31-,34?/m0/s1. The van der Waals surface area contributed by atoms with Crippen LogP contribution in [0, 0.1) is 17.8 Å². The van der Waals surface area contributed by atoms with Gasteiger partial charge in [0.1, 0.15) is 12.6 Å². The highest BCUT2D eigenvalue weighted by Gasteiger charge is 2.51. The molecule has 4 bridgehead atoms. The third-order valence-electron chi connectivity index (χ3n) is 10.1. The molecule has 42 heavy (non-hydrogen) atoms. The number of nitrogens with zero attached hydrogens (tertiary/aromatic N) is 2. The number of carbonyl (C=O) groups is 2. The zero-order valence-electron chi connectivity index (χ0n) is 25.6. The molecule has 4 saturated carbocycles. The van der Waals surface area contributed by atoms with E-state index in [1.165, 1.54) is 53.3 Å². The Hall–Kier alpha value is -2.87. The lowest BCUT2D eigenvalue weighted by atomic mass is 9.48. The number of amides is 2. The Morgan fingerprint density at radius 3 is 1.98 bits per heavy atom. The number of benzene rings is 2. The second kappa shape index (κ2) is 12.4. The molecule has 8 heteroatoms. The molecule has 2 aromatic carbocycles. The van der Waals surface area contributed by atoms with E-state index >= 15 is 0 Å². The summed E-state index contributed by atoms with van der Waals surface area (Å²) in [6.45, 7) is 5.66. The van der Waals surface area contributed by atoms with Crippen LogP contribution < -0.4 is 9.62 Å². The van der Waals surface area contributed by atoms with E-state index in [1.54, 1.807) is 0 Å². The van der Waals surface area contributed by atoms with Gasteiger partial charge in [0, 0.05) is 12.6 Å². The number of anilines is 1. The maximum Gasteiger partial charge on any atom is 0.244 e. The molecule has 2 amide bonds. The topological polar surface area (TPSA) is 86.8 Å². The molecule has 7 nitrogen and oxygen atoms in total. The predicted octanol–water partition coefficient (Wildman–Crippen LogP) is 5.64. The van der Waals surface area contributed by atoms with Crippen molar-refractivity contribution in [1.82, 2.24) is 10.2 Å². The Kier molecular flexibility index (Phi) is 9.02. The van der Waals surface area contributed by atoms with Crippen molar-refractivity contribution in [2.45, 2.75) is 96.2 Å². The van der Waals surface area contributed by atoms with Gasteiger partial charge in [0.15, 0.2) is 0 Å². The second-order valence-electron chi connectivity index (χ2n) is 13.3. The minimum Gasteiger partial charge on any atom is -0.352 e. The van der Waals surface area contributed by atoms with Crippen LogP contribution in [0.5, 0.6) is 0 Å². The van der Waals surface area contributed by atoms with E-state index in [-0.39, 0.29) is 30.5 Å². The summed E-state index contributed by atoms with van der Waals surface area (Å²) in [6.07, 6.45) is 10.1. The normalized spacial score (nSPS) is 26.0. The zero-order chi connectivity index (χ0) is 30.1. The van der Waals surface area contributed by atoms with Gasteiger partial charge in [0.2, 0.25) is 21.8 Å². The van der Waals surface area contributed by atoms with Crippen LogP contribution in [0.3, 0.4) is 0 Å². The zero-order valence-corrected chi connectivity index (χ0v) is 26.4. The van der Waals surface area contributed by atoms with E-state index in [4.69, 9.17) is 0 Å². The van der Waals surface area contributed by atoms with Gasteiger partial charge in [0.25, 0.3) is 0 Å². The fourth-order valence-corrected chi connectivity index (χ4v) is 9.05. The van der Waals surface area contributed by atoms with Crippen molar-refractivity contribution in [3.05, 3.63) is 65.7 Å². The van der Waals surface area contributed by atoms with Crippen LogP contribution in [-0.2, 0) is 31.6 Å². The fourth-order valence-electron chi connectivity index (χ4n) is 8.20. The quantitative estimate of drug-likeness (QED) is 0.345. The van der Waals surface area contributed by atoms with Crippen LogP contribution in [0.25, 0.3) is 0 Å². The highest BCUT2D eigenvalue weighted by Crippen LogP contribution is 2.60. The lowest BCUT2D eigenvalue weighted by Gasteiger charge is -2.57. The van der Waals surface area contributed by atoms with E-state index in [0.29, 0.717) is 12.1 Å². The lowest BCUT2D eigenvalue weighted by Crippen LogP contribution is -2.53. The average Bonchev–Trinajstić information content (AvgIpc) is 2.95. The Morgan fingerprint density at radius 2 is 1.48 bits per heavy atom. The molecule has 0 aromatic heterocycles. The summed E-state index contributed by atoms with van der Waals surface area (Å²) in [4.78, 5) is 28.8. The van der Waals surface area contributed by atoms with Crippen LogP contribution in [0.15, 0.2) is 54.6 Å². The maximum absolute atomic E-state index is 14.0. The van der Waals surface area contributed by atoms with Gasteiger partial charge in [-0.05, 0) is 105 Å². The summed E-state index contributed by atoms with van der Waals surface area (Å²) >= 11 is 0. The molecule has 0 heterocycles. The number of rotatable bonds is 12. The van der Waals surface area contributed by atoms with Crippen molar-refractivity contribution in [3.8, 4) is 0 Å². The molecule has 2 aromatic rings. The van der Waals surface area contributed by atoms with Gasteiger partial charge in [-0.1, -0.05) is 56.3 Å². The Bertz CT molecular complexity index is 1320. The highest BCUT2D eigenvalue weighted by atomic mass is 32.2. The van der Waals surface area contributed by atoms with Crippen molar-refractivity contribution in [3.63, 3.8) is 0 Å². The number of hydrogen-bond donors (Lipinski definition) is 1. The monoisotopic (exact) mass is 593 g/mol. The number of nitrogens with one attached hydrogen (secondary N) is 1. The van der Waals surface area contributed by atoms with E-state index in [9.17, 15) is 18.0 Å². The number of sulfonamides is 1. The minimum absolute atomic E-state index is 0.0276. The van der Waals surface area contributed by atoms with Crippen LogP contribution in [0.4, 0.5) is 5.69 Å².